The molecule has 0 saturated heterocycles. The van der Waals surface area contributed by atoms with Crippen LogP contribution in [0.15, 0.2) is 42.5 Å². The van der Waals surface area contributed by atoms with Crippen molar-refractivity contribution in [2.24, 2.45) is 0 Å². The zero-order chi connectivity index (χ0) is 20.9. The van der Waals surface area contributed by atoms with Crippen LogP contribution in [-0.4, -0.2) is 19.2 Å². The Labute approximate surface area is 173 Å². The standard InChI is InChI=1S/C24H31FO4/c1-3-5-7-8-9-17-27-19-10-12-20(13-11-19)29-24(26)22-15-14-21(18-23(22)25)28-16-6-4-2/h10-15,18H,3-9,16-17H2,1-2H3. The first-order valence-corrected chi connectivity index (χ1v) is 10.5. The van der Waals surface area contributed by atoms with Crippen LogP contribution in [0.1, 0.15) is 69.2 Å². The number of benzene rings is 2. The summed E-state index contributed by atoms with van der Waals surface area (Å²) in [7, 11) is 0. The lowest BCUT2D eigenvalue weighted by molar-refractivity contribution is 0.0729. The topological polar surface area (TPSA) is 44.8 Å². The van der Waals surface area contributed by atoms with Crippen molar-refractivity contribution in [2.75, 3.05) is 13.2 Å². The Morgan fingerprint density at radius 3 is 2.03 bits per heavy atom. The zero-order valence-corrected chi connectivity index (χ0v) is 17.4. The highest BCUT2D eigenvalue weighted by Crippen LogP contribution is 2.22. The summed E-state index contributed by atoms with van der Waals surface area (Å²) in [6.07, 6.45) is 7.79. The van der Waals surface area contributed by atoms with Crippen molar-refractivity contribution >= 4 is 5.97 Å². The molecule has 0 fully saturated rings. The number of carbonyl (C=O) groups is 1. The third kappa shape index (κ3) is 8.14. The van der Waals surface area contributed by atoms with Crippen LogP contribution in [-0.2, 0) is 0 Å². The molecule has 2 rings (SSSR count). The molecule has 0 atom stereocenters. The highest BCUT2D eigenvalue weighted by molar-refractivity contribution is 5.91. The van der Waals surface area contributed by atoms with Gasteiger partial charge in [0.2, 0.25) is 0 Å². The van der Waals surface area contributed by atoms with Gasteiger partial charge in [0.1, 0.15) is 23.1 Å². The van der Waals surface area contributed by atoms with Gasteiger partial charge < -0.3 is 14.2 Å². The number of ether oxygens (including phenoxy) is 3. The number of halogens is 1. The van der Waals surface area contributed by atoms with Gasteiger partial charge >= 0.3 is 5.97 Å². The minimum Gasteiger partial charge on any atom is -0.494 e. The summed E-state index contributed by atoms with van der Waals surface area (Å²) in [5.74, 6) is 0.0657. The average molecular weight is 403 g/mol. The molecule has 0 aliphatic heterocycles. The van der Waals surface area contributed by atoms with Crippen LogP contribution in [0.2, 0.25) is 0 Å². The first kappa shape index (κ1) is 22.7. The summed E-state index contributed by atoms with van der Waals surface area (Å²) in [5, 5.41) is 0. The highest BCUT2D eigenvalue weighted by Gasteiger charge is 2.15. The van der Waals surface area contributed by atoms with Crippen molar-refractivity contribution in [3.63, 3.8) is 0 Å². The Balaban J connectivity index is 1.82. The van der Waals surface area contributed by atoms with Crippen molar-refractivity contribution in [2.45, 2.75) is 58.8 Å². The van der Waals surface area contributed by atoms with E-state index in [2.05, 4.69) is 13.8 Å². The van der Waals surface area contributed by atoms with Crippen LogP contribution in [0.5, 0.6) is 17.2 Å². The number of rotatable bonds is 13. The molecule has 158 valence electrons. The molecule has 5 heteroatoms. The van der Waals surface area contributed by atoms with Gasteiger partial charge in [0, 0.05) is 6.07 Å². The van der Waals surface area contributed by atoms with Gasteiger partial charge in [-0.2, -0.15) is 0 Å². The molecule has 0 saturated carbocycles. The van der Waals surface area contributed by atoms with Gasteiger partial charge in [-0.15, -0.1) is 0 Å². The third-order valence-electron chi connectivity index (χ3n) is 4.48. The lowest BCUT2D eigenvalue weighted by atomic mass is 10.2. The Hall–Kier alpha value is -2.56. The van der Waals surface area contributed by atoms with Crippen LogP contribution in [0.25, 0.3) is 0 Å². The van der Waals surface area contributed by atoms with E-state index in [1.807, 2.05) is 0 Å². The number of hydrogen-bond acceptors (Lipinski definition) is 4. The quantitative estimate of drug-likeness (QED) is 0.216. The molecule has 0 aromatic heterocycles. The van der Waals surface area contributed by atoms with Gasteiger partial charge in [-0.3, -0.25) is 0 Å². The van der Waals surface area contributed by atoms with Gasteiger partial charge in [0.15, 0.2) is 0 Å². The first-order chi connectivity index (χ1) is 14.1. The molecule has 0 radical (unpaired) electrons. The Kier molecular flexibility index (Phi) is 10.0. The van der Waals surface area contributed by atoms with Crippen molar-refractivity contribution in [3.05, 3.63) is 53.8 Å². The molecule has 0 aliphatic rings. The van der Waals surface area contributed by atoms with Crippen molar-refractivity contribution in [1.29, 1.82) is 0 Å². The van der Waals surface area contributed by atoms with Crippen LogP contribution in [0.3, 0.4) is 0 Å². The molecule has 0 aliphatic carbocycles. The van der Waals surface area contributed by atoms with Crippen LogP contribution >= 0.6 is 0 Å². The van der Waals surface area contributed by atoms with Crippen molar-refractivity contribution in [1.82, 2.24) is 0 Å². The Morgan fingerprint density at radius 2 is 1.34 bits per heavy atom. The minimum absolute atomic E-state index is 0.125. The predicted octanol–water partition coefficient (Wildman–Crippen LogP) is 6.57. The largest absolute Gasteiger partial charge is 0.494 e. The molecule has 4 nitrogen and oxygen atoms in total. The number of esters is 1. The molecule has 0 amide bonds. The van der Waals surface area contributed by atoms with E-state index in [-0.39, 0.29) is 5.56 Å². The molecule has 2 aromatic carbocycles. The molecule has 0 unspecified atom stereocenters. The predicted molar refractivity (Wildman–Crippen MR) is 112 cm³/mol. The number of unbranched alkanes of at least 4 members (excludes halogenated alkanes) is 5. The summed E-state index contributed by atoms with van der Waals surface area (Å²) in [6, 6.07) is 11.0. The Bertz CT molecular complexity index is 743. The Morgan fingerprint density at radius 1 is 0.759 bits per heavy atom. The highest BCUT2D eigenvalue weighted by atomic mass is 19.1. The van der Waals surface area contributed by atoms with E-state index in [1.165, 1.54) is 31.4 Å². The van der Waals surface area contributed by atoms with E-state index in [0.29, 0.717) is 24.7 Å². The smallest absolute Gasteiger partial charge is 0.346 e. The molecule has 2 aromatic rings. The van der Waals surface area contributed by atoms with Crippen LogP contribution < -0.4 is 14.2 Å². The molecule has 29 heavy (non-hydrogen) atoms. The van der Waals surface area contributed by atoms with E-state index in [0.717, 1.165) is 31.4 Å². The minimum atomic E-state index is -0.743. The van der Waals surface area contributed by atoms with Gasteiger partial charge in [-0.05, 0) is 49.2 Å². The van der Waals surface area contributed by atoms with Gasteiger partial charge in [0.05, 0.1) is 18.8 Å². The van der Waals surface area contributed by atoms with E-state index in [9.17, 15) is 9.18 Å². The average Bonchev–Trinajstić information content (AvgIpc) is 2.72. The summed E-state index contributed by atoms with van der Waals surface area (Å²) in [4.78, 5) is 12.3. The van der Waals surface area contributed by atoms with Gasteiger partial charge in [0.25, 0.3) is 0 Å². The second-order valence-electron chi connectivity index (χ2n) is 6.97. The zero-order valence-electron chi connectivity index (χ0n) is 17.4. The lowest BCUT2D eigenvalue weighted by Crippen LogP contribution is -2.11. The maximum atomic E-state index is 14.2. The fourth-order valence-corrected chi connectivity index (χ4v) is 2.75. The van der Waals surface area contributed by atoms with Gasteiger partial charge in [-0.25, -0.2) is 9.18 Å². The SMILES string of the molecule is CCCCCCCOc1ccc(OC(=O)c2ccc(OCCCC)cc2F)cc1. The van der Waals surface area contributed by atoms with E-state index < -0.39 is 11.8 Å². The molecular formula is C24H31FO4. The molecule has 0 spiro atoms. The maximum absolute atomic E-state index is 14.2. The summed E-state index contributed by atoms with van der Waals surface area (Å²) in [5.41, 5.74) is -0.125. The van der Waals surface area contributed by atoms with E-state index in [4.69, 9.17) is 14.2 Å². The van der Waals surface area contributed by atoms with E-state index >= 15 is 0 Å². The lowest BCUT2D eigenvalue weighted by Gasteiger charge is -2.09. The number of hydrogen-bond donors (Lipinski definition) is 0. The summed E-state index contributed by atoms with van der Waals surface area (Å²) < 4.78 is 30.6. The molecular weight excluding hydrogens is 371 g/mol. The third-order valence-corrected chi connectivity index (χ3v) is 4.48. The summed E-state index contributed by atoms with van der Waals surface area (Å²) >= 11 is 0. The fourth-order valence-electron chi connectivity index (χ4n) is 2.75. The second-order valence-corrected chi connectivity index (χ2v) is 6.97. The summed E-state index contributed by atoms with van der Waals surface area (Å²) in [6.45, 7) is 5.43. The molecule has 0 bridgehead atoms. The number of carbonyl (C=O) groups excluding carboxylic acids is 1. The normalized spacial score (nSPS) is 10.6. The first-order valence-electron chi connectivity index (χ1n) is 10.5. The van der Waals surface area contributed by atoms with Gasteiger partial charge in [-0.1, -0.05) is 46.0 Å². The maximum Gasteiger partial charge on any atom is 0.346 e. The van der Waals surface area contributed by atoms with Crippen molar-refractivity contribution < 1.29 is 23.4 Å². The van der Waals surface area contributed by atoms with E-state index in [1.54, 1.807) is 30.3 Å². The second kappa shape index (κ2) is 12.8. The van der Waals surface area contributed by atoms with Crippen LogP contribution in [0, 0.1) is 5.82 Å². The van der Waals surface area contributed by atoms with Crippen LogP contribution in [0.4, 0.5) is 4.39 Å². The monoisotopic (exact) mass is 402 g/mol. The molecule has 0 N–H and O–H groups in total. The molecule has 0 heterocycles. The fraction of sp³-hybridized carbons (Fsp3) is 0.458. The van der Waals surface area contributed by atoms with Crippen molar-refractivity contribution in [3.8, 4) is 17.2 Å².